The summed E-state index contributed by atoms with van der Waals surface area (Å²) in [4.78, 5) is 6.70. The molecule has 3 rings (SSSR count). The fourth-order valence-electron chi connectivity index (χ4n) is 2.77. The molecule has 0 aliphatic rings. The van der Waals surface area contributed by atoms with Gasteiger partial charge in [-0.15, -0.1) is 0 Å². The quantitative estimate of drug-likeness (QED) is 0.354. The minimum Gasteiger partial charge on any atom is -0.480 e. The van der Waals surface area contributed by atoms with Crippen molar-refractivity contribution in [3.05, 3.63) is 108 Å². The van der Waals surface area contributed by atoms with Gasteiger partial charge in [0.25, 0.3) is 0 Å². The Labute approximate surface area is 165 Å². The molecule has 0 fully saturated rings. The van der Waals surface area contributed by atoms with Crippen molar-refractivity contribution in [3.63, 3.8) is 0 Å². The number of rotatable bonds is 5. The van der Waals surface area contributed by atoms with Crippen LogP contribution in [0.4, 0.5) is 0 Å². The van der Waals surface area contributed by atoms with Crippen LogP contribution >= 0.6 is 12.2 Å². The molecule has 0 atom stereocenters. The van der Waals surface area contributed by atoms with Crippen LogP contribution in [-0.4, -0.2) is 23.0 Å². The van der Waals surface area contributed by atoms with Gasteiger partial charge in [0, 0.05) is 18.7 Å². The molecule has 0 unspecified atom stereocenters. The summed E-state index contributed by atoms with van der Waals surface area (Å²) in [5, 5.41) is 0.503. The Hall–Kier alpha value is -2.98. The molecule has 3 aromatic rings. The predicted molar refractivity (Wildman–Crippen MR) is 115 cm³/mol. The predicted octanol–water partition coefficient (Wildman–Crippen LogP) is 5.07. The van der Waals surface area contributed by atoms with Gasteiger partial charge in [-0.3, -0.25) is 0 Å². The van der Waals surface area contributed by atoms with Gasteiger partial charge < -0.3 is 9.64 Å². The van der Waals surface area contributed by atoms with Crippen molar-refractivity contribution in [2.75, 3.05) is 7.11 Å². The highest BCUT2D eigenvalue weighted by molar-refractivity contribution is 7.80. The Kier molecular flexibility index (Phi) is 6.72. The monoisotopic (exact) mass is 374 g/mol. The van der Waals surface area contributed by atoms with Crippen molar-refractivity contribution in [2.45, 2.75) is 13.1 Å². The van der Waals surface area contributed by atoms with Crippen molar-refractivity contribution < 1.29 is 4.74 Å². The molecule has 0 amide bonds. The lowest BCUT2D eigenvalue weighted by Gasteiger charge is -2.23. The maximum absolute atomic E-state index is 5.67. The van der Waals surface area contributed by atoms with E-state index < -0.39 is 0 Å². The summed E-state index contributed by atoms with van der Waals surface area (Å²) in [6.07, 6.45) is 0. The number of hydrogen-bond donors (Lipinski definition) is 0. The van der Waals surface area contributed by atoms with Gasteiger partial charge >= 0.3 is 0 Å². The van der Waals surface area contributed by atoms with Gasteiger partial charge in [-0.05, 0) is 35.5 Å². The maximum atomic E-state index is 5.67. The van der Waals surface area contributed by atoms with E-state index in [1.807, 2.05) is 66.7 Å². The van der Waals surface area contributed by atoms with Crippen molar-refractivity contribution in [1.29, 1.82) is 0 Å². The lowest BCUT2D eigenvalue weighted by molar-refractivity contribution is 0.394. The van der Waals surface area contributed by atoms with Crippen molar-refractivity contribution >= 4 is 23.2 Å². The second-order valence-electron chi connectivity index (χ2n) is 6.10. The van der Waals surface area contributed by atoms with Crippen LogP contribution in [0.3, 0.4) is 0 Å². The number of benzene rings is 3. The van der Waals surface area contributed by atoms with Crippen LogP contribution in [0.1, 0.15) is 16.7 Å². The SMILES string of the molecule is CO/C(=N\C(=S)N(Cc1ccccc1)Cc1ccccc1)c1ccccc1. The summed E-state index contributed by atoms with van der Waals surface area (Å²) < 4.78 is 5.49. The summed E-state index contributed by atoms with van der Waals surface area (Å²) in [6, 6.07) is 30.4. The second kappa shape index (κ2) is 9.64. The molecule has 0 spiro atoms. The van der Waals surface area contributed by atoms with Crippen LogP contribution in [0.15, 0.2) is 96.0 Å². The maximum Gasteiger partial charge on any atom is 0.223 e. The zero-order valence-electron chi connectivity index (χ0n) is 15.3. The largest absolute Gasteiger partial charge is 0.480 e. The standard InChI is InChI=1S/C23H22N2OS/c1-26-22(21-15-9-4-10-16-21)24-23(27)25(17-19-11-5-2-6-12-19)18-20-13-7-3-8-14-20/h2-16H,17-18H2,1H3/b24-22-. The topological polar surface area (TPSA) is 24.8 Å². The molecular formula is C23H22N2OS. The minimum atomic E-state index is 0.503. The summed E-state index contributed by atoms with van der Waals surface area (Å²) >= 11 is 5.67. The Balaban J connectivity index is 1.86. The van der Waals surface area contributed by atoms with Gasteiger partial charge in [-0.2, -0.15) is 4.99 Å². The van der Waals surface area contributed by atoms with Crippen LogP contribution in [0.5, 0.6) is 0 Å². The first-order valence-electron chi connectivity index (χ1n) is 8.81. The van der Waals surface area contributed by atoms with Crippen molar-refractivity contribution in [2.24, 2.45) is 4.99 Å². The van der Waals surface area contributed by atoms with E-state index in [2.05, 4.69) is 34.2 Å². The minimum absolute atomic E-state index is 0.503. The molecule has 27 heavy (non-hydrogen) atoms. The van der Waals surface area contributed by atoms with Crippen LogP contribution < -0.4 is 0 Å². The molecule has 4 heteroatoms. The Bertz CT molecular complexity index is 839. The van der Waals surface area contributed by atoms with E-state index >= 15 is 0 Å². The Morgan fingerprint density at radius 3 is 1.67 bits per heavy atom. The summed E-state index contributed by atoms with van der Waals surface area (Å²) in [5.41, 5.74) is 3.27. The molecule has 0 aromatic heterocycles. The van der Waals surface area contributed by atoms with Gasteiger partial charge in [0.05, 0.1) is 7.11 Å². The lowest BCUT2D eigenvalue weighted by Crippen LogP contribution is -2.28. The Morgan fingerprint density at radius 1 is 0.778 bits per heavy atom. The smallest absolute Gasteiger partial charge is 0.223 e. The number of hydrogen-bond acceptors (Lipinski definition) is 2. The molecule has 0 aliphatic heterocycles. The molecule has 3 aromatic carbocycles. The van der Waals surface area contributed by atoms with Gasteiger partial charge in [-0.1, -0.05) is 78.9 Å². The number of nitrogens with zero attached hydrogens (tertiary/aromatic N) is 2. The van der Waals surface area contributed by atoms with Gasteiger partial charge in [0.2, 0.25) is 5.90 Å². The number of methoxy groups -OCH3 is 1. The third kappa shape index (κ3) is 5.50. The first-order chi connectivity index (χ1) is 13.3. The van der Waals surface area contributed by atoms with E-state index in [4.69, 9.17) is 17.0 Å². The normalized spacial score (nSPS) is 11.1. The number of ether oxygens (including phenoxy) is 1. The highest BCUT2D eigenvalue weighted by Gasteiger charge is 2.13. The van der Waals surface area contributed by atoms with Crippen LogP contribution in [0.25, 0.3) is 0 Å². The number of aliphatic imine (C=N–C) groups is 1. The zero-order valence-corrected chi connectivity index (χ0v) is 16.1. The molecular weight excluding hydrogens is 352 g/mol. The van der Waals surface area contributed by atoms with E-state index in [1.165, 1.54) is 11.1 Å². The van der Waals surface area contributed by atoms with E-state index in [0.29, 0.717) is 24.1 Å². The first kappa shape index (κ1) is 18.8. The fraction of sp³-hybridized carbons (Fsp3) is 0.130. The zero-order chi connectivity index (χ0) is 18.9. The lowest BCUT2D eigenvalue weighted by atomic mass is 10.2. The average molecular weight is 375 g/mol. The molecule has 0 saturated heterocycles. The average Bonchev–Trinajstić information content (AvgIpc) is 2.73. The molecule has 0 aliphatic carbocycles. The van der Waals surface area contributed by atoms with E-state index in [0.717, 1.165) is 5.56 Å². The van der Waals surface area contributed by atoms with Gasteiger partial charge in [0.15, 0.2) is 5.11 Å². The second-order valence-corrected chi connectivity index (χ2v) is 6.46. The molecule has 0 bridgehead atoms. The molecule has 0 N–H and O–H groups in total. The molecule has 0 radical (unpaired) electrons. The van der Waals surface area contributed by atoms with Crippen LogP contribution in [0, 0.1) is 0 Å². The molecule has 3 nitrogen and oxygen atoms in total. The van der Waals surface area contributed by atoms with Crippen LogP contribution in [-0.2, 0) is 17.8 Å². The van der Waals surface area contributed by atoms with E-state index in [9.17, 15) is 0 Å². The first-order valence-corrected chi connectivity index (χ1v) is 9.22. The highest BCUT2D eigenvalue weighted by Crippen LogP contribution is 2.13. The number of thiocarbonyl (C=S) groups is 1. The summed E-state index contributed by atoms with van der Waals surface area (Å²) in [6.45, 7) is 1.37. The fourth-order valence-corrected chi connectivity index (χ4v) is 2.98. The van der Waals surface area contributed by atoms with Gasteiger partial charge in [0.1, 0.15) is 0 Å². The highest BCUT2D eigenvalue weighted by atomic mass is 32.1. The van der Waals surface area contributed by atoms with Crippen molar-refractivity contribution in [3.8, 4) is 0 Å². The van der Waals surface area contributed by atoms with E-state index in [-0.39, 0.29) is 0 Å². The third-order valence-electron chi connectivity index (χ3n) is 4.11. The van der Waals surface area contributed by atoms with Crippen molar-refractivity contribution in [1.82, 2.24) is 4.90 Å². The summed E-state index contributed by atoms with van der Waals surface area (Å²) in [5.74, 6) is 0.520. The Morgan fingerprint density at radius 2 is 1.22 bits per heavy atom. The van der Waals surface area contributed by atoms with Crippen LogP contribution in [0.2, 0.25) is 0 Å². The van der Waals surface area contributed by atoms with E-state index in [1.54, 1.807) is 7.11 Å². The molecule has 136 valence electrons. The third-order valence-corrected chi connectivity index (χ3v) is 4.46. The van der Waals surface area contributed by atoms with Gasteiger partial charge in [-0.25, -0.2) is 0 Å². The molecule has 0 heterocycles. The summed E-state index contributed by atoms with van der Waals surface area (Å²) in [7, 11) is 1.62. The molecule has 0 saturated carbocycles.